The maximum absolute atomic E-state index is 11.1. The molecule has 1 aromatic carbocycles. The smallest absolute Gasteiger partial charge is 0.335 e. The summed E-state index contributed by atoms with van der Waals surface area (Å²) in [7, 11) is 4.27. The molecule has 1 saturated carbocycles. The van der Waals surface area contributed by atoms with E-state index >= 15 is 0 Å². The number of aromatic carboxylic acids is 1. The van der Waals surface area contributed by atoms with E-state index in [1.54, 1.807) is 12.1 Å². The number of hydrogen-bond acceptors (Lipinski definition) is 3. The summed E-state index contributed by atoms with van der Waals surface area (Å²) < 4.78 is 2.22. The molecule has 0 atom stereocenters. The average Bonchev–Trinajstić information content (AvgIpc) is 2.68. The molecular weight excluding hydrogens is 266 g/mol. The number of carboxylic acids is 1. The van der Waals surface area contributed by atoms with Crippen molar-refractivity contribution in [2.45, 2.75) is 38.3 Å². The van der Waals surface area contributed by atoms with Crippen molar-refractivity contribution >= 4 is 17.0 Å². The van der Waals surface area contributed by atoms with Crippen LogP contribution in [-0.4, -0.2) is 45.2 Å². The Morgan fingerprint density at radius 3 is 2.67 bits per heavy atom. The number of hydrogen-bond donors (Lipinski definition) is 1. The highest BCUT2D eigenvalue weighted by atomic mass is 16.4. The second kappa shape index (κ2) is 4.84. The Labute approximate surface area is 124 Å². The van der Waals surface area contributed by atoms with Crippen molar-refractivity contribution in [2.75, 3.05) is 14.1 Å². The third-order valence-electron chi connectivity index (χ3n) is 4.87. The number of benzene rings is 1. The van der Waals surface area contributed by atoms with Gasteiger partial charge in [-0.2, -0.15) is 0 Å². The number of carbonyl (C=O) groups is 1. The minimum atomic E-state index is -0.909. The molecule has 5 heteroatoms. The van der Waals surface area contributed by atoms with Gasteiger partial charge >= 0.3 is 5.97 Å². The minimum absolute atomic E-state index is 0.212. The third kappa shape index (κ3) is 2.21. The van der Waals surface area contributed by atoms with Gasteiger partial charge < -0.3 is 14.6 Å². The number of imidazole rings is 1. The summed E-state index contributed by atoms with van der Waals surface area (Å²) in [6, 6.07) is 5.19. The number of carboxylic acid groups (broad SMARTS) is 1. The highest BCUT2D eigenvalue weighted by molar-refractivity contribution is 5.92. The topological polar surface area (TPSA) is 58.4 Å². The molecule has 3 rings (SSSR count). The number of aromatic nitrogens is 2. The molecule has 5 nitrogen and oxygen atoms in total. The van der Waals surface area contributed by atoms with Crippen LogP contribution in [0.5, 0.6) is 0 Å². The minimum Gasteiger partial charge on any atom is -0.478 e. The Balaban J connectivity index is 2.03. The fraction of sp³-hybridized carbons (Fsp3) is 0.500. The van der Waals surface area contributed by atoms with Crippen molar-refractivity contribution in [3.05, 3.63) is 29.6 Å². The zero-order valence-electron chi connectivity index (χ0n) is 12.8. The predicted octanol–water partition coefficient (Wildman–Crippen LogP) is 2.53. The van der Waals surface area contributed by atoms with Crippen LogP contribution in [0.2, 0.25) is 0 Å². The molecule has 1 N–H and O–H groups in total. The molecule has 0 spiro atoms. The molecule has 1 aliphatic carbocycles. The van der Waals surface area contributed by atoms with Crippen molar-refractivity contribution < 1.29 is 9.90 Å². The molecule has 0 bridgehead atoms. The van der Waals surface area contributed by atoms with E-state index in [1.165, 1.54) is 19.3 Å². The van der Waals surface area contributed by atoms with E-state index in [4.69, 9.17) is 5.11 Å². The van der Waals surface area contributed by atoms with E-state index in [0.29, 0.717) is 0 Å². The first kappa shape index (κ1) is 14.1. The maximum atomic E-state index is 11.1. The first-order valence-corrected chi connectivity index (χ1v) is 7.31. The summed E-state index contributed by atoms with van der Waals surface area (Å²) in [5.41, 5.74) is 2.29. The number of likely N-dealkylation sites (N-methyl/N-ethyl adjacent to an activating group) is 1. The monoisotopic (exact) mass is 287 g/mol. The van der Waals surface area contributed by atoms with Crippen molar-refractivity contribution in [3.63, 3.8) is 0 Å². The van der Waals surface area contributed by atoms with Crippen LogP contribution in [0.4, 0.5) is 0 Å². The number of rotatable bonds is 4. The van der Waals surface area contributed by atoms with Gasteiger partial charge in [-0.3, -0.25) is 0 Å². The number of fused-ring (bicyclic) bond motifs is 1. The molecule has 0 aliphatic heterocycles. The van der Waals surface area contributed by atoms with E-state index in [-0.39, 0.29) is 11.1 Å². The van der Waals surface area contributed by atoms with E-state index < -0.39 is 5.97 Å². The third-order valence-corrected chi connectivity index (χ3v) is 4.87. The van der Waals surface area contributed by atoms with Gasteiger partial charge in [-0.05, 0) is 58.5 Å². The molecule has 1 aliphatic rings. The van der Waals surface area contributed by atoms with Gasteiger partial charge in [0.1, 0.15) is 5.82 Å². The lowest BCUT2D eigenvalue weighted by Crippen LogP contribution is -2.53. The molecule has 2 aromatic rings. The second-order valence-electron chi connectivity index (χ2n) is 6.23. The summed E-state index contributed by atoms with van der Waals surface area (Å²) in [6.45, 7) is 2.90. The van der Waals surface area contributed by atoms with E-state index in [1.807, 2.05) is 13.0 Å². The zero-order chi connectivity index (χ0) is 15.2. The maximum Gasteiger partial charge on any atom is 0.335 e. The van der Waals surface area contributed by atoms with Gasteiger partial charge in [0.05, 0.1) is 16.6 Å². The van der Waals surface area contributed by atoms with Gasteiger partial charge in [-0.25, -0.2) is 9.78 Å². The molecule has 21 heavy (non-hydrogen) atoms. The number of nitrogens with zero attached hydrogens (tertiary/aromatic N) is 3. The van der Waals surface area contributed by atoms with E-state index in [2.05, 4.69) is 28.5 Å². The van der Waals surface area contributed by atoms with Crippen molar-refractivity contribution in [1.82, 2.24) is 14.5 Å². The summed E-state index contributed by atoms with van der Waals surface area (Å²) in [6.07, 6.45) is 3.67. The Morgan fingerprint density at radius 1 is 1.43 bits per heavy atom. The second-order valence-corrected chi connectivity index (χ2v) is 6.23. The lowest BCUT2D eigenvalue weighted by Gasteiger charge is -2.47. The molecule has 0 saturated heterocycles. The van der Waals surface area contributed by atoms with E-state index in [0.717, 1.165) is 23.4 Å². The first-order valence-electron chi connectivity index (χ1n) is 7.31. The van der Waals surface area contributed by atoms with Gasteiger partial charge in [0.25, 0.3) is 0 Å². The van der Waals surface area contributed by atoms with Crippen LogP contribution in [-0.2, 0) is 6.54 Å². The highest BCUT2D eigenvalue weighted by Crippen LogP contribution is 2.38. The quantitative estimate of drug-likeness (QED) is 0.938. The summed E-state index contributed by atoms with van der Waals surface area (Å²) in [5.74, 6) is 0.0357. The standard InChI is InChI=1S/C16H21N3O2/c1-11-17-13-9-12(15(20)21)5-6-14(13)19(11)10-16(18(2)3)7-4-8-16/h5-6,9H,4,7-8,10H2,1-3H3,(H,20,21). The van der Waals surface area contributed by atoms with Crippen LogP contribution in [0, 0.1) is 6.92 Å². The molecule has 0 radical (unpaired) electrons. The van der Waals surface area contributed by atoms with Crippen LogP contribution in [0.25, 0.3) is 11.0 Å². The molecule has 0 unspecified atom stereocenters. The molecule has 1 heterocycles. The van der Waals surface area contributed by atoms with Gasteiger partial charge in [0.15, 0.2) is 0 Å². The largest absolute Gasteiger partial charge is 0.478 e. The van der Waals surface area contributed by atoms with Gasteiger partial charge in [-0.15, -0.1) is 0 Å². The Bertz CT molecular complexity index is 699. The normalized spacial score (nSPS) is 17.1. The first-order chi connectivity index (χ1) is 9.93. The van der Waals surface area contributed by atoms with Crippen molar-refractivity contribution in [3.8, 4) is 0 Å². The summed E-state index contributed by atoms with van der Waals surface area (Å²) in [5, 5.41) is 9.09. The summed E-state index contributed by atoms with van der Waals surface area (Å²) >= 11 is 0. The van der Waals surface area contributed by atoms with Gasteiger partial charge in [0.2, 0.25) is 0 Å². The Kier molecular flexibility index (Phi) is 3.24. The molecular formula is C16H21N3O2. The Hall–Kier alpha value is -1.88. The number of aryl methyl sites for hydroxylation is 1. The van der Waals surface area contributed by atoms with Crippen LogP contribution in [0.1, 0.15) is 35.4 Å². The Morgan fingerprint density at radius 2 is 2.14 bits per heavy atom. The van der Waals surface area contributed by atoms with Crippen molar-refractivity contribution in [2.24, 2.45) is 0 Å². The van der Waals surface area contributed by atoms with Crippen LogP contribution < -0.4 is 0 Å². The van der Waals surface area contributed by atoms with E-state index in [9.17, 15) is 4.79 Å². The van der Waals surface area contributed by atoms with Crippen LogP contribution in [0.15, 0.2) is 18.2 Å². The zero-order valence-corrected chi connectivity index (χ0v) is 12.8. The predicted molar refractivity (Wildman–Crippen MR) is 81.7 cm³/mol. The van der Waals surface area contributed by atoms with Gasteiger partial charge in [0, 0.05) is 12.1 Å². The molecule has 1 fully saturated rings. The van der Waals surface area contributed by atoms with Gasteiger partial charge in [-0.1, -0.05) is 0 Å². The highest BCUT2D eigenvalue weighted by Gasteiger charge is 2.39. The van der Waals surface area contributed by atoms with Crippen LogP contribution in [0.3, 0.4) is 0 Å². The van der Waals surface area contributed by atoms with Crippen LogP contribution >= 0.6 is 0 Å². The lowest BCUT2D eigenvalue weighted by molar-refractivity contribution is 0.0429. The summed E-state index contributed by atoms with van der Waals surface area (Å²) in [4.78, 5) is 17.9. The SMILES string of the molecule is Cc1nc2cc(C(=O)O)ccc2n1CC1(N(C)C)CCC1. The molecule has 1 aromatic heterocycles. The lowest BCUT2D eigenvalue weighted by atomic mass is 9.75. The molecule has 112 valence electrons. The fourth-order valence-electron chi connectivity index (χ4n) is 3.21. The van der Waals surface area contributed by atoms with Crippen molar-refractivity contribution in [1.29, 1.82) is 0 Å². The fourth-order valence-corrected chi connectivity index (χ4v) is 3.21. The average molecular weight is 287 g/mol. The molecule has 0 amide bonds.